The highest BCUT2D eigenvalue weighted by Crippen LogP contribution is 2.53. The summed E-state index contributed by atoms with van der Waals surface area (Å²) in [4.78, 5) is 33.5. The second-order valence-corrected chi connectivity index (χ2v) is 16.1. The molecule has 3 aromatic rings. The Bertz CT molecular complexity index is 1300. The van der Waals surface area contributed by atoms with Crippen LogP contribution in [0.1, 0.15) is 69.1 Å². The normalized spacial score (nSPS) is 12.6. The summed E-state index contributed by atoms with van der Waals surface area (Å²) in [6, 6.07) is 4.28. The quantitative estimate of drug-likeness (QED) is 0.173. The van der Waals surface area contributed by atoms with Gasteiger partial charge in [0, 0.05) is 52.9 Å². The molecule has 0 aliphatic heterocycles. The summed E-state index contributed by atoms with van der Waals surface area (Å²) >= 11 is 1.31. The van der Waals surface area contributed by atoms with E-state index in [0.717, 1.165) is 52.4 Å². The van der Waals surface area contributed by atoms with Gasteiger partial charge in [-0.15, -0.1) is 10.3 Å². The molecule has 0 unspecified atom stereocenters. The van der Waals surface area contributed by atoms with E-state index in [-0.39, 0.29) is 15.8 Å². The van der Waals surface area contributed by atoms with Crippen LogP contribution in [-0.2, 0) is 33.1 Å². The fraction of sp³-hybridized carbons (Fsp3) is 0.533. The summed E-state index contributed by atoms with van der Waals surface area (Å²) in [7, 11) is 0.197. The second kappa shape index (κ2) is 13.3. The first-order valence-corrected chi connectivity index (χ1v) is 16.8. The first kappa shape index (κ1) is 31.2. The molecule has 2 heterocycles. The second-order valence-electron chi connectivity index (χ2n) is 10.9. The van der Waals surface area contributed by atoms with Gasteiger partial charge in [0.15, 0.2) is 5.12 Å². The summed E-state index contributed by atoms with van der Waals surface area (Å²) in [5.41, 5.74) is 5.67. The van der Waals surface area contributed by atoms with Crippen LogP contribution in [0.25, 0.3) is 22.0 Å². The number of carbonyl (C=O) groups excluding carboxylic acids is 2. The number of aryl methyl sites for hydroxylation is 3. The maximum absolute atomic E-state index is 13.3. The molecule has 0 aliphatic carbocycles. The largest absolute Gasteiger partial charge is 0.464 e. The predicted octanol–water partition coefficient (Wildman–Crippen LogP) is 6.84. The highest BCUT2D eigenvalue weighted by molar-refractivity contribution is 8.29. The van der Waals surface area contributed by atoms with E-state index in [4.69, 9.17) is 8.92 Å². The zero-order valence-electron chi connectivity index (χ0n) is 24.6. The van der Waals surface area contributed by atoms with Gasteiger partial charge in [-0.3, -0.25) is 4.79 Å². The third-order valence-electron chi connectivity index (χ3n) is 7.28. The van der Waals surface area contributed by atoms with Gasteiger partial charge < -0.3 is 13.5 Å². The number of nitrogens with zero attached hydrogens (tertiary/aromatic N) is 3. The van der Waals surface area contributed by atoms with Crippen molar-refractivity contribution in [3.63, 3.8) is 0 Å². The van der Waals surface area contributed by atoms with Crippen LogP contribution in [-0.4, -0.2) is 62.3 Å². The van der Waals surface area contributed by atoms with Crippen molar-refractivity contribution in [3.05, 3.63) is 47.7 Å². The molecule has 0 bridgehead atoms. The first-order valence-electron chi connectivity index (χ1n) is 13.4. The summed E-state index contributed by atoms with van der Waals surface area (Å²) in [5, 5.41) is 1.13. The van der Waals surface area contributed by atoms with Crippen molar-refractivity contribution in [3.8, 4) is 11.1 Å². The molecule has 7 nitrogen and oxygen atoms in total. The Hall–Kier alpha value is -2.36. The van der Waals surface area contributed by atoms with Crippen LogP contribution in [0.3, 0.4) is 0 Å². The van der Waals surface area contributed by atoms with Crippen molar-refractivity contribution in [1.29, 1.82) is 0 Å². The minimum atomic E-state index is -1.23. The summed E-state index contributed by atoms with van der Waals surface area (Å²) in [5.74, 6) is 0.330. The number of aromatic nitrogens is 3. The van der Waals surface area contributed by atoms with Crippen LogP contribution in [0.4, 0.5) is 0 Å². The molecule has 9 heteroatoms. The van der Waals surface area contributed by atoms with Crippen LogP contribution in [0, 0.1) is 0 Å². The summed E-state index contributed by atoms with van der Waals surface area (Å²) in [6.07, 6.45) is 12.6. The zero-order valence-corrected chi connectivity index (χ0v) is 26.3. The summed E-state index contributed by atoms with van der Waals surface area (Å²) < 4.78 is 13.9. The average molecular weight is 574 g/mol. The van der Waals surface area contributed by atoms with Gasteiger partial charge in [0.05, 0.1) is 19.2 Å². The van der Waals surface area contributed by atoms with Crippen molar-refractivity contribution in [2.75, 3.05) is 32.0 Å². The van der Waals surface area contributed by atoms with E-state index in [9.17, 15) is 9.59 Å². The fourth-order valence-electron chi connectivity index (χ4n) is 4.54. The van der Waals surface area contributed by atoms with Gasteiger partial charge >= 0.3 is 5.97 Å². The topological polar surface area (TPSA) is 83.3 Å². The molecule has 2 aromatic heterocycles. The van der Waals surface area contributed by atoms with Gasteiger partial charge in [0.2, 0.25) is 0 Å². The third kappa shape index (κ3) is 7.24. The molecular formula is C30H43N3O4S2. The Labute approximate surface area is 239 Å². The number of ether oxygens (including phenoxy) is 1. The van der Waals surface area contributed by atoms with Gasteiger partial charge in [0.1, 0.15) is 12.0 Å². The maximum atomic E-state index is 13.3. The number of methoxy groups -OCH3 is 1. The highest BCUT2D eigenvalue weighted by Gasteiger charge is 2.29. The lowest BCUT2D eigenvalue weighted by Gasteiger charge is -2.43. The van der Waals surface area contributed by atoms with Crippen molar-refractivity contribution >= 4 is 44.1 Å². The van der Waals surface area contributed by atoms with Crippen molar-refractivity contribution in [2.45, 2.75) is 71.6 Å². The number of benzene rings is 1. The zero-order chi connectivity index (χ0) is 28.8. The van der Waals surface area contributed by atoms with Gasteiger partial charge in [-0.25, -0.2) is 14.8 Å². The SMILES string of the molecule is CCc1ccc2c(CCCOS(C)(C)C(C)(C)C)c(C(=O)OC)n(CCCSC(C)=O)c2c1-c1cncnc1. The number of thioether (sulfide) groups is 1. The monoisotopic (exact) mass is 573 g/mol. The van der Waals surface area contributed by atoms with Gasteiger partial charge in [0.25, 0.3) is 0 Å². The molecular weight excluding hydrogens is 530 g/mol. The van der Waals surface area contributed by atoms with E-state index in [0.29, 0.717) is 31.0 Å². The van der Waals surface area contributed by atoms with Gasteiger partial charge in [-0.05, 0) is 49.3 Å². The number of hydrogen-bond acceptors (Lipinski definition) is 7. The Kier molecular flexibility index (Phi) is 10.7. The Morgan fingerprint density at radius 2 is 1.79 bits per heavy atom. The van der Waals surface area contributed by atoms with Crippen molar-refractivity contribution in [2.24, 2.45) is 0 Å². The molecule has 214 valence electrons. The first-order chi connectivity index (χ1) is 18.4. The Balaban J connectivity index is 2.14. The molecule has 1 aromatic carbocycles. The summed E-state index contributed by atoms with van der Waals surface area (Å²) in [6.45, 7) is 11.6. The van der Waals surface area contributed by atoms with E-state index in [1.54, 1.807) is 6.92 Å². The predicted molar refractivity (Wildman–Crippen MR) is 165 cm³/mol. The van der Waals surface area contributed by atoms with Gasteiger partial charge in [-0.1, -0.05) is 51.6 Å². The smallest absolute Gasteiger partial charge is 0.354 e. The molecule has 0 saturated carbocycles. The van der Waals surface area contributed by atoms with Crippen LogP contribution in [0.2, 0.25) is 0 Å². The van der Waals surface area contributed by atoms with E-state index in [1.807, 2.05) is 12.4 Å². The third-order valence-corrected chi connectivity index (χ3v) is 11.9. The number of esters is 1. The van der Waals surface area contributed by atoms with Crippen LogP contribution in [0.5, 0.6) is 0 Å². The molecule has 0 N–H and O–H groups in total. The molecule has 3 rings (SSSR count). The number of fused-ring (bicyclic) bond motifs is 1. The molecule has 0 atom stereocenters. The minimum Gasteiger partial charge on any atom is -0.464 e. The molecule has 0 radical (unpaired) electrons. The molecule has 0 fully saturated rings. The number of rotatable bonds is 12. The minimum absolute atomic E-state index is 0.0846. The molecule has 0 amide bonds. The lowest BCUT2D eigenvalue weighted by Crippen LogP contribution is -2.25. The maximum Gasteiger partial charge on any atom is 0.354 e. The van der Waals surface area contributed by atoms with E-state index >= 15 is 0 Å². The molecule has 0 spiro atoms. The number of hydrogen-bond donors (Lipinski definition) is 0. The van der Waals surface area contributed by atoms with Crippen molar-refractivity contribution in [1.82, 2.24) is 14.5 Å². The molecule has 39 heavy (non-hydrogen) atoms. The fourth-order valence-corrected chi connectivity index (χ4v) is 5.99. The standard InChI is InChI=1S/C30H43N3O4S2/c1-9-22-13-14-25-24(12-10-16-37-39(7,8)30(3,4)5)28(29(35)36-6)33(15-11-17-38-21(2)34)27(25)26(22)23-18-31-20-32-19-23/h13-14,18-20H,9-12,15-17H2,1-8H3. The Morgan fingerprint density at radius 1 is 1.10 bits per heavy atom. The number of carbonyl (C=O) groups is 2. The lowest BCUT2D eigenvalue weighted by atomic mass is 9.95. The van der Waals surface area contributed by atoms with E-state index in [2.05, 4.69) is 66.9 Å². The molecule has 0 aliphatic rings. The highest BCUT2D eigenvalue weighted by atomic mass is 32.3. The van der Waals surface area contributed by atoms with Crippen LogP contribution in [0.15, 0.2) is 30.9 Å². The van der Waals surface area contributed by atoms with Crippen LogP contribution < -0.4 is 0 Å². The van der Waals surface area contributed by atoms with Crippen LogP contribution >= 0.6 is 22.1 Å². The molecule has 0 saturated heterocycles. The van der Waals surface area contributed by atoms with E-state index < -0.39 is 10.3 Å². The van der Waals surface area contributed by atoms with Crippen molar-refractivity contribution < 1.29 is 18.5 Å². The lowest BCUT2D eigenvalue weighted by molar-refractivity contribution is -0.109. The Morgan fingerprint density at radius 3 is 2.38 bits per heavy atom. The average Bonchev–Trinajstić information content (AvgIpc) is 3.20. The van der Waals surface area contributed by atoms with E-state index in [1.165, 1.54) is 25.2 Å². The van der Waals surface area contributed by atoms with Gasteiger partial charge in [-0.2, -0.15) is 0 Å².